The quantitative estimate of drug-likeness (QED) is 0.639. The zero-order valence-electron chi connectivity index (χ0n) is 15.4. The van der Waals surface area contributed by atoms with E-state index in [2.05, 4.69) is 26.8 Å². The van der Waals surface area contributed by atoms with Gasteiger partial charge < -0.3 is 5.11 Å². The first-order chi connectivity index (χ1) is 11.1. The van der Waals surface area contributed by atoms with Gasteiger partial charge in [-0.2, -0.15) is 0 Å². The van der Waals surface area contributed by atoms with Gasteiger partial charge >= 0.3 is 0 Å². The monoisotopic (exact) mass is 316 g/mol. The predicted molar refractivity (Wildman–Crippen MR) is 96.0 cm³/mol. The molecule has 1 nitrogen and oxygen atoms in total. The van der Waals surface area contributed by atoms with E-state index < -0.39 is 0 Å². The molecule has 0 amide bonds. The van der Waals surface area contributed by atoms with Gasteiger partial charge in [0.1, 0.15) is 0 Å². The summed E-state index contributed by atoms with van der Waals surface area (Å²) >= 11 is 0. The van der Waals surface area contributed by atoms with Gasteiger partial charge in [-0.25, -0.2) is 0 Å². The highest BCUT2D eigenvalue weighted by atomic mass is 16.3. The van der Waals surface area contributed by atoms with Gasteiger partial charge in [-0.3, -0.25) is 0 Å². The van der Waals surface area contributed by atoms with E-state index >= 15 is 0 Å². The smallest absolute Gasteiger partial charge is 0.0461 e. The highest BCUT2D eigenvalue weighted by molar-refractivity contribution is 5.23. The van der Waals surface area contributed by atoms with Crippen LogP contribution in [0.5, 0.6) is 0 Å². The second-order valence-electron chi connectivity index (χ2n) is 9.64. The lowest BCUT2D eigenvalue weighted by Crippen LogP contribution is -2.48. The number of fused-ring (bicyclic) bond motifs is 5. The van der Waals surface area contributed by atoms with Gasteiger partial charge in [0, 0.05) is 6.61 Å². The van der Waals surface area contributed by atoms with E-state index in [-0.39, 0.29) is 0 Å². The Labute approximate surface area is 142 Å². The second kappa shape index (κ2) is 5.90. The number of allylic oxidation sites excluding steroid dienone is 2. The van der Waals surface area contributed by atoms with Gasteiger partial charge in [0.2, 0.25) is 0 Å². The standard InChI is InChI=1S/C22H36O/c1-4-17-6-8-21-19-7-5-15-12-16(13-23)14(2)11-20(15)18(19)9-10-22(17,21)3/h4,14-16,18-21,23H,5-13H2,1-3H3/b17-4-. The molecule has 4 fully saturated rings. The van der Waals surface area contributed by atoms with E-state index in [1.54, 1.807) is 5.57 Å². The third-order valence-electron chi connectivity index (χ3n) is 9.00. The predicted octanol–water partition coefficient (Wildman–Crippen LogP) is 5.44. The lowest BCUT2D eigenvalue weighted by molar-refractivity contribution is -0.0651. The van der Waals surface area contributed by atoms with Gasteiger partial charge in [0.15, 0.2) is 0 Å². The molecule has 4 aliphatic rings. The van der Waals surface area contributed by atoms with Crippen molar-refractivity contribution in [3.8, 4) is 0 Å². The Morgan fingerprint density at radius 1 is 1.09 bits per heavy atom. The maximum Gasteiger partial charge on any atom is 0.0461 e. The fourth-order valence-corrected chi connectivity index (χ4v) is 7.71. The van der Waals surface area contributed by atoms with E-state index in [1.807, 2.05) is 0 Å². The molecule has 130 valence electrons. The van der Waals surface area contributed by atoms with Crippen molar-refractivity contribution in [3.63, 3.8) is 0 Å². The molecule has 0 aromatic rings. The van der Waals surface area contributed by atoms with Crippen LogP contribution in [0, 0.1) is 46.8 Å². The zero-order valence-corrected chi connectivity index (χ0v) is 15.4. The third-order valence-corrected chi connectivity index (χ3v) is 9.00. The van der Waals surface area contributed by atoms with Crippen molar-refractivity contribution in [2.75, 3.05) is 6.61 Å². The highest BCUT2D eigenvalue weighted by Crippen LogP contribution is 2.64. The molecule has 0 saturated heterocycles. The molecular weight excluding hydrogens is 280 g/mol. The first kappa shape index (κ1) is 16.2. The lowest BCUT2D eigenvalue weighted by Gasteiger charge is -2.56. The normalized spacial score (nSPS) is 54.4. The van der Waals surface area contributed by atoms with Crippen molar-refractivity contribution in [3.05, 3.63) is 11.6 Å². The summed E-state index contributed by atoms with van der Waals surface area (Å²) in [5.74, 6) is 6.21. The summed E-state index contributed by atoms with van der Waals surface area (Å²) in [6.07, 6.45) is 13.8. The van der Waals surface area contributed by atoms with Crippen LogP contribution in [-0.4, -0.2) is 11.7 Å². The minimum absolute atomic E-state index is 0.420. The molecule has 8 unspecified atom stereocenters. The molecule has 0 radical (unpaired) electrons. The molecule has 0 heterocycles. The summed E-state index contributed by atoms with van der Waals surface area (Å²) in [4.78, 5) is 0. The molecule has 8 atom stereocenters. The number of rotatable bonds is 1. The Kier molecular flexibility index (Phi) is 4.15. The molecule has 0 spiro atoms. The van der Waals surface area contributed by atoms with Gasteiger partial charge in [-0.15, -0.1) is 0 Å². The zero-order chi connectivity index (χ0) is 16.2. The van der Waals surface area contributed by atoms with Crippen LogP contribution < -0.4 is 0 Å². The molecule has 4 rings (SSSR count). The largest absolute Gasteiger partial charge is 0.396 e. The van der Waals surface area contributed by atoms with Crippen molar-refractivity contribution in [2.24, 2.45) is 46.8 Å². The molecule has 0 bridgehead atoms. The third kappa shape index (κ3) is 2.36. The summed E-state index contributed by atoms with van der Waals surface area (Å²) < 4.78 is 0. The molecule has 4 saturated carbocycles. The van der Waals surface area contributed by atoms with E-state index in [9.17, 15) is 5.11 Å². The fourth-order valence-electron chi connectivity index (χ4n) is 7.71. The fraction of sp³-hybridized carbons (Fsp3) is 0.909. The molecule has 0 aliphatic heterocycles. The first-order valence-corrected chi connectivity index (χ1v) is 10.3. The maximum absolute atomic E-state index is 9.69. The van der Waals surface area contributed by atoms with Crippen LogP contribution in [0.3, 0.4) is 0 Å². The van der Waals surface area contributed by atoms with Crippen molar-refractivity contribution >= 4 is 0 Å². The van der Waals surface area contributed by atoms with E-state index in [1.165, 1.54) is 51.4 Å². The molecule has 4 aliphatic carbocycles. The van der Waals surface area contributed by atoms with Gasteiger partial charge in [-0.05, 0) is 105 Å². The van der Waals surface area contributed by atoms with Crippen molar-refractivity contribution in [2.45, 2.75) is 72.1 Å². The van der Waals surface area contributed by atoms with Crippen LogP contribution in [0.25, 0.3) is 0 Å². The lowest BCUT2D eigenvalue weighted by atomic mass is 9.49. The summed E-state index contributed by atoms with van der Waals surface area (Å²) in [6.45, 7) is 7.68. The van der Waals surface area contributed by atoms with Crippen LogP contribution in [0.4, 0.5) is 0 Å². The molecular formula is C22H36O. The first-order valence-electron chi connectivity index (χ1n) is 10.3. The Hall–Kier alpha value is -0.300. The van der Waals surface area contributed by atoms with Crippen LogP contribution in [0.2, 0.25) is 0 Å². The number of aliphatic hydroxyl groups excluding tert-OH is 1. The second-order valence-corrected chi connectivity index (χ2v) is 9.64. The number of aliphatic hydroxyl groups is 1. The van der Waals surface area contributed by atoms with Crippen LogP contribution in [0.1, 0.15) is 72.1 Å². The molecule has 1 heteroatoms. The molecule has 0 aromatic heterocycles. The minimum Gasteiger partial charge on any atom is -0.396 e. The van der Waals surface area contributed by atoms with E-state index in [4.69, 9.17) is 0 Å². The van der Waals surface area contributed by atoms with Crippen molar-refractivity contribution in [1.82, 2.24) is 0 Å². The summed E-state index contributed by atoms with van der Waals surface area (Å²) in [7, 11) is 0. The van der Waals surface area contributed by atoms with E-state index in [0.717, 1.165) is 35.5 Å². The average molecular weight is 317 g/mol. The molecule has 0 aromatic carbocycles. The summed E-state index contributed by atoms with van der Waals surface area (Å²) in [6, 6.07) is 0. The Bertz CT molecular complexity index is 480. The Morgan fingerprint density at radius 3 is 2.65 bits per heavy atom. The number of hydrogen-bond acceptors (Lipinski definition) is 1. The maximum atomic E-state index is 9.69. The molecule has 1 N–H and O–H groups in total. The van der Waals surface area contributed by atoms with Crippen LogP contribution in [-0.2, 0) is 0 Å². The number of hydrogen-bond donors (Lipinski definition) is 1. The van der Waals surface area contributed by atoms with Gasteiger partial charge in [0.05, 0.1) is 0 Å². The average Bonchev–Trinajstić information content (AvgIpc) is 2.90. The van der Waals surface area contributed by atoms with Gasteiger partial charge in [-0.1, -0.05) is 25.5 Å². The van der Waals surface area contributed by atoms with Crippen LogP contribution in [0.15, 0.2) is 11.6 Å². The summed E-state index contributed by atoms with van der Waals surface area (Å²) in [5.41, 5.74) is 2.32. The van der Waals surface area contributed by atoms with Crippen molar-refractivity contribution in [1.29, 1.82) is 0 Å². The Morgan fingerprint density at radius 2 is 1.91 bits per heavy atom. The SMILES string of the molecule is C/C=C1/CCC2C3CCC4CC(CO)C(C)CC4C3CCC12C. The van der Waals surface area contributed by atoms with Crippen molar-refractivity contribution < 1.29 is 5.11 Å². The minimum atomic E-state index is 0.420. The topological polar surface area (TPSA) is 20.2 Å². The van der Waals surface area contributed by atoms with Crippen LogP contribution >= 0.6 is 0 Å². The highest BCUT2D eigenvalue weighted by Gasteiger charge is 2.55. The van der Waals surface area contributed by atoms with E-state index in [0.29, 0.717) is 17.9 Å². The molecule has 23 heavy (non-hydrogen) atoms. The summed E-state index contributed by atoms with van der Waals surface area (Å²) in [5, 5.41) is 9.69. The Balaban J connectivity index is 1.56. The van der Waals surface area contributed by atoms with Gasteiger partial charge in [0.25, 0.3) is 0 Å².